The van der Waals surface area contributed by atoms with Gasteiger partial charge in [-0.05, 0) is 44.0 Å². The van der Waals surface area contributed by atoms with E-state index in [-0.39, 0.29) is 17.5 Å². The van der Waals surface area contributed by atoms with E-state index in [1.807, 2.05) is 0 Å². The zero-order valence-corrected chi connectivity index (χ0v) is 12.6. The average Bonchev–Trinajstić information content (AvgIpc) is 2.45. The van der Waals surface area contributed by atoms with E-state index in [1.54, 1.807) is 25.1 Å². The lowest BCUT2D eigenvalue weighted by molar-refractivity contribution is 0.279. The SMILES string of the molecule is CC(CCCO)NS(=O)(=O)c1ccc(N)c2cccnc12. The molecule has 0 bridgehead atoms. The summed E-state index contributed by atoms with van der Waals surface area (Å²) >= 11 is 0. The van der Waals surface area contributed by atoms with Gasteiger partial charge >= 0.3 is 0 Å². The van der Waals surface area contributed by atoms with Crippen molar-refractivity contribution < 1.29 is 13.5 Å². The number of hydrogen-bond donors (Lipinski definition) is 3. The van der Waals surface area contributed by atoms with Crippen LogP contribution in [0, 0.1) is 0 Å². The molecule has 6 nitrogen and oxygen atoms in total. The molecular weight excluding hydrogens is 290 g/mol. The van der Waals surface area contributed by atoms with E-state index >= 15 is 0 Å². The number of benzene rings is 1. The van der Waals surface area contributed by atoms with Gasteiger partial charge in [-0.1, -0.05) is 0 Å². The Hall–Kier alpha value is -1.70. The summed E-state index contributed by atoms with van der Waals surface area (Å²) in [4.78, 5) is 4.25. The maximum atomic E-state index is 12.5. The van der Waals surface area contributed by atoms with Crippen molar-refractivity contribution in [1.82, 2.24) is 9.71 Å². The Morgan fingerprint density at radius 3 is 2.86 bits per heavy atom. The normalized spacial score (nSPS) is 13.4. The fraction of sp³-hybridized carbons (Fsp3) is 0.357. The van der Waals surface area contributed by atoms with Gasteiger partial charge in [0.1, 0.15) is 4.90 Å². The molecule has 0 aliphatic carbocycles. The number of aliphatic hydroxyl groups is 1. The number of hydrogen-bond acceptors (Lipinski definition) is 5. The molecule has 0 saturated heterocycles. The summed E-state index contributed by atoms with van der Waals surface area (Å²) in [7, 11) is -3.68. The minimum absolute atomic E-state index is 0.0401. The number of nitrogens with zero attached hydrogens (tertiary/aromatic N) is 1. The van der Waals surface area contributed by atoms with Gasteiger partial charge in [-0.25, -0.2) is 13.1 Å². The molecule has 1 heterocycles. The second-order valence-electron chi connectivity index (χ2n) is 4.94. The number of anilines is 1. The monoisotopic (exact) mass is 309 g/mol. The Morgan fingerprint density at radius 1 is 1.38 bits per heavy atom. The van der Waals surface area contributed by atoms with Crippen molar-refractivity contribution in [2.45, 2.75) is 30.7 Å². The van der Waals surface area contributed by atoms with Gasteiger partial charge in [-0.3, -0.25) is 4.98 Å². The molecule has 2 aromatic rings. The summed E-state index contributed by atoms with van der Waals surface area (Å²) in [6.07, 6.45) is 2.65. The topological polar surface area (TPSA) is 105 Å². The second-order valence-corrected chi connectivity index (χ2v) is 6.62. The maximum Gasteiger partial charge on any atom is 0.242 e. The Balaban J connectivity index is 2.39. The third-order valence-electron chi connectivity index (χ3n) is 3.21. The lowest BCUT2D eigenvalue weighted by Crippen LogP contribution is -2.33. The van der Waals surface area contributed by atoms with Gasteiger partial charge in [0.05, 0.1) is 5.52 Å². The molecule has 0 radical (unpaired) electrons. The molecule has 1 atom stereocenters. The van der Waals surface area contributed by atoms with Crippen molar-refractivity contribution in [3.05, 3.63) is 30.5 Å². The van der Waals surface area contributed by atoms with E-state index in [0.717, 1.165) is 0 Å². The summed E-state index contributed by atoms with van der Waals surface area (Å²) in [5, 5.41) is 9.42. The summed E-state index contributed by atoms with van der Waals surface area (Å²) in [6.45, 7) is 1.80. The molecule has 0 aliphatic heterocycles. The fourth-order valence-electron chi connectivity index (χ4n) is 2.17. The van der Waals surface area contributed by atoms with E-state index in [0.29, 0.717) is 29.4 Å². The first-order chi connectivity index (χ1) is 9.95. The number of aliphatic hydroxyl groups excluding tert-OH is 1. The van der Waals surface area contributed by atoms with Crippen molar-refractivity contribution in [2.24, 2.45) is 0 Å². The van der Waals surface area contributed by atoms with E-state index in [9.17, 15) is 8.42 Å². The third-order valence-corrected chi connectivity index (χ3v) is 4.83. The van der Waals surface area contributed by atoms with Crippen LogP contribution in [-0.4, -0.2) is 31.2 Å². The van der Waals surface area contributed by atoms with E-state index in [4.69, 9.17) is 10.8 Å². The van der Waals surface area contributed by atoms with Crippen LogP contribution in [0.3, 0.4) is 0 Å². The number of rotatable bonds is 6. The molecular formula is C14H19N3O3S. The van der Waals surface area contributed by atoms with Gasteiger partial charge in [0.25, 0.3) is 0 Å². The second kappa shape index (κ2) is 6.38. The van der Waals surface area contributed by atoms with Crippen LogP contribution in [0.15, 0.2) is 35.4 Å². The number of aromatic nitrogens is 1. The van der Waals surface area contributed by atoms with Crippen LogP contribution in [-0.2, 0) is 10.0 Å². The van der Waals surface area contributed by atoms with Gasteiger partial charge in [0.15, 0.2) is 0 Å². The first-order valence-electron chi connectivity index (χ1n) is 6.72. The Morgan fingerprint density at radius 2 is 2.14 bits per heavy atom. The van der Waals surface area contributed by atoms with Crippen LogP contribution >= 0.6 is 0 Å². The van der Waals surface area contributed by atoms with Crippen molar-refractivity contribution in [2.75, 3.05) is 12.3 Å². The van der Waals surface area contributed by atoms with Crippen LogP contribution in [0.4, 0.5) is 5.69 Å². The number of sulfonamides is 1. The minimum Gasteiger partial charge on any atom is -0.398 e. The molecule has 0 spiro atoms. The molecule has 1 unspecified atom stereocenters. The highest BCUT2D eigenvalue weighted by Gasteiger charge is 2.21. The first kappa shape index (κ1) is 15.7. The van der Waals surface area contributed by atoms with Crippen LogP contribution in [0.5, 0.6) is 0 Å². The average molecular weight is 309 g/mol. The predicted octanol–water partition coefficient (Wildman–Crippen LogP) is 1.26. The maximum absolute atomic E-state index is 12.5. The summed E-state index contributed by atoms with van der Waals surface area (Å²) in [6, 6.07) is 6.22. The molecule has 114 valence electrons. The molecule has 1 aromatic carbocycles. The smallest absolute Gasteiger partial charge is 0.242 e. The molecule has 1 aromatic heterocycles. The Bertz CT molecular complexity index is 731. The van der Waals surface area contributed by atoms with Crippen LogP contribution in [0.1, 0.15) is 19.8 Å². The summed E-state index contributed by atoms with van der Waals surface area (Å²) in [5.41, 5.74) is 6.70. The van der Waals surface area contributed by atoms with Crippen molar-refractivity contribution >= 4 is 26.6 Å². The van der Waals surface area contributed by atoms with Gasteiger partial charge in [-0.15, -0.1) is 0 Å². The number of nitrogens with one attached hydrogen (secondary N) is 1. The van der Waals surface area contributed by atoms with Crippen LogP contribution < -0.4 is 10.5 Å². The van der Waals surface area contributed by atoms with Gasteiger partial charge in [0, 0.05) is 29.9 Å². The van der Waals surface area contributed by atoms with E-state index in [1.165, 1.54) is 12.3 Å². The third kappa shape index (κ3) is 3.49. The molecule has 0 amide bonds. The van der Waals surface area contributed by atoms with Crippen molar-refractivity contribution in [3.8, 4) is 0 Å². The standard InChI is InChI=1S/C14H19N3O3S/c1-10(4-3-9-18)17-21(19,20)13-7-6-12(15)11-5-2-8-16-14(11)13/h2,5-8,10,17-18H,3-4,9,15H2,1H3. The number of pyridine rings is 1. The van der Waals surface area contributed by atoms with Crippen molar-refractivity contribution in [1.29, 1.82) is 0 Å². The zero-order valence-electron chi connectivity index (χ0n) is 11.8. The molecule has 2 rings (SSSR count). The number of nitrogens with two attached hydrogens (primary N) is 1. The van der Waals surface area contributed by atoms with Crippen LogP contribution in [0.25, 0.3) is 10.9 Å². The Kier molecular flexibility index (Phi) is 4.76. The lowest BCUT2D eigenvalue weighted by atomic mass is 10.2. The molecule has 0 aliphatic rings. The van der Waals surface area contributed by atoms with E-state index in [2.05, 4.69) is 9.71 Å². The predicted molar refractivity (Wildman–Crippen MR) is 82.3 cm³/mol. The number of fused-ring (bicyclic) bond motifs is 1. The highest BCUT2D eigenvalue weighted by Crippen LogP contribution is 2.25. The van der Waals surface area contributed by atoms with Crippen molar-refractivity contribution in [3.63, 3.8) is 0 Å². The van der Waals surface area contributed by atoms with E-state index < -0.39 is 10.0 Å². The van der Waals surface area contributed by atoms with Gasteiger partial charge in [0.2, 0.25) is 10.0 Å². The van der Waals surface area contributed by atoms with Crippen LogP contribution in [0.2, 0.25) is 0 Å². The van der Waals surface area contributed by atoms with Gasteiger partial charge in [-0.2, -0.15) is 0 Å². The zero-order chi connectivity index (χ0) is 15.5. The van der Waals surface area contributed by atoms with Gasteiger partial charge < -0.3 is 10.8 Å². The summed E-state index contributed by atoms with van der Waals surface area (Å²) in [5.74, 6) is 0. The summed E-state index contributed by atoms with van der Waals surface area (Å²) < 4.78 is 27.6. The molecule has 0 saturated carbocycles. The largest absolute Gasteiger partial charge is 0.398 e. The quantitative estimate of drug-likeness (QED) is 0.697. The minimum atomic E-state index is -3.68. The highest BCUT2D eigenvalue weighted by molar-refractivity contribution is 7.89. The molecule has 0 fully saturated rings. The Labute approximate surface area is 124 Å². The fourth-order valence-corrected chi connectivity index (χ4v) is 3.61. The highest BCUT2D eigenvalue weighted by atomic mass is 32.2. The first-order valence-corrected chi connectivity index (χ1v) is 8.20. The lowest BCUT2D eigenvalue weighted by Gasteiger charge is -2.15. The molecule has 7 heteroatoms. The number of nitrogen functional groups attached to an aromatic ring is 1. The molecule has 4 N–H and O–H groups in total. The molecule has 21 heavy (non-hydrogen) atoms.